The summed E-state index contributed by atoms with van der Waals surface area (Å²) in [6, 6.07) is 5.45. The molecule has 0 atom stereocenters. The fourth-order valence-electron chi connectivity index (χ4n) is 2.15. The summed E-state index contributed by atoms with van der Waals surface area (Å²) >= 11 is 3.11. The van der Waals surface area contributed by atoms with Gasteiger partial charge in [-0.05, 0) is 47.3 Å². The number of aliphatic hydroxyl groups is 1. The molecule has 1 aromatic rings. The Morgan fingerprint density at radius 2 is 2.22 bits per heavy atom. The van der Waals surface area contributed by atoms with Gasteiger partial charge in [0.2, 0.25) is 0 Å². The van der Waals surface area contributed by atoms with Crippen LogP contribution in [0.5, 0.6) is 0 Å². The standard InChI is InChI=1S/C13H14BrFN2O/c14-12-9(8-16)4-5-11(13(12)15)17(6-7-18)10-2-1-3-10/h4-5,10,18H,1-3,6-7H2. The lowest BCUT2D eigenvalue weighted by molar-refractivity contribution is 0.282. The number of rotatable bonds is 4. The molecular weight excluding hydrogens is 299 g/mol. The molecule has 0 bridgehead atoms. The van der Waals surface area contributed by atoms with Crippen LogP contribution in [0.4, 0.5) is 10.1 Å². The third kappa shape index (κ3) is 2.36. The highest BCUT2D eigenvalue weighted by Gasteiger charge is 2.27. The normalized spacial score (nSPS) is 15.0. The van der Waals surface area contributed by atoms with E-state index in [9.17, 15) is 4.39 Å². The summed E-state index contributed by atoms with van der Waals surface area (Å²) in [6.45, 7) is 0.410. The van der Waals surface area contributed by atoms with Gasteiger partial charge in [-0.25, -0.2) is 4.39 Å². The van der Waals surface area contributed by atoms with Crippen LogP contribution in [0.2, 0.25) is 0 Å². The lowest BCUT2D eigenvalue weighted by atomic mass is 9.91. The zero-order chi connectivity index (χ0) is 13.1. The molecule has 1 aliphatic rings. The highest BCUT2D eigenvalue weighted by Crippen LogP contribution is 2.34. The maximum atomic E-state index is 14.2. The summed E-state index contributed by atoms with van der Waals surface area (Å²) in [4.78, 5) is 1.89. The van der Waals surface area contributed by atoms with E-state index in [4.69, 9.17) is 10.4 Å². The predicted molar refractivity (Wildman–Crippen MR) is 70.9 cm³/mol. The average Bonchev–Trinajstić information content (AvgIpc) is 2.30. The molecule has 0 saturated heterocycles. The number of hydrogen-bond donors (Lipinski definition) is 1. The molecule has 0 heterocycles. The molecule has 1 N–H and O–H groups in total. The Morgan fingerprint density at radius 1 is 1.50 bits per heavy atom. The Morgan fingerprint density at radius 3 is 2.72 bits per heavy atom. The van der Waals surface area contributed by atoms with E-state index in [1.807, 2.05) is 11.0 Å². The van der Waals surface area contributed by atoms with Crippen molar-refractivity contribution in [2.75, 3.05) is 18.1 Å². The monoisotopic (exact) mass is 312 g/mol. The lowest BCUT2D eigenvalue weighted by Crippen LogP contribution is -2.42. The fraction of sp³-hybridized carbons (Fsp3) is 0.462. The van der Waals surface area contributed by atoms with Crippen molar-refractivity contribution in [3.63, 3.8) is 0 Å². The zero-order valence-electron chi connectivity index (χ0n) is 9.87. The molecule has 1 fully saturated rings. The number of aliphatic hydroxyl groups excluding tert-OH is 1. The molecule has 0 spiro atoms. The Labute approximate surface area is 114 Å². The Kier molecular flexibility index (Phi) is 4.20. The minimum atomic E-state index is -0.422. The summed E-state index contributed by atoms with van der Waals surface area (Å²) in [5.41, 5.74) is 0.744. The highest BCUT2D eigenvalue weighted by molar-refractivity contribution is 9.10. The maximum absolute atomic E-state index is 14.2. The van der Waals surface area contributed by atoms with Gasteiger partial charge in [-0.3, -0.25) is 0 Å². The van der Waals surface area contributed by atoms with E-state index in [1.165, 1.54) is 0 Å². The second kappa shape index (κ2) is 5.68. The van der Waals surface area contributed by atoms with Crippen LogP contribution in [0, 0.1) is 17.1 Å². The summed E-state index contributed by atoms with van der Waals surface area (Å²) in [7, 11) is 0. The number of hydrogen-bond acceptors (Lipinski definition) is 3. The van der Waals surface area contributed by atoms with Gasteiger partial charge in [0.25, 0.3) is 0 Å². The molecule has 3 nitrogen and oxygen atoms in total. The van der Waals surface area contributed by atoms with Gasteiger partial charge in [-0.1, -0.05) is 0 Å². The smallest absolute Gasteiger partial charge is 0.161 e. The number of nitrogens with zero attached hydrogens (tertiary/aromatic N) is 2. The number of benzene rings is 1. The predicted octanol–water partition coefficient (Wildman–Crippen LogP) is 2.81. The Balaban J connectivity index is 2.35. The van der Waals surface area contributed by atoms with E-state index >= 15 is 0 Å². The number of anilines is 1. The lowest BCUT2D eigenvalue weighted by Gasteiger charge is -2.39. The van der Waals surface area contributed by atoms with E-state index in [0.29, 0.717) is 18.3 Å². The van der Waals surface area contributed by atoms with Gasteiger partial charge in [0.05, 0.1) is 22.3 Å². The van der Waals surface area contributed by atoms with E-state index in [0.717, 1.165) is 19.3 Å². The molecular formula is C13H14BrFN2O. The molecule has 0 aromatic heterocycles. The molecule has 18 heavy (non-hydrogen) atoms. The summed E-state index contributed by atoms with van der Waals surface area (Å²) in [6.07, 6.45) is 3.19. The SMILES string of the molecule is N#Cc1ccc(N(CCO)C2CCC2)c(F)c1Br. The van der Waals surface area contributed by atoms with Crippen molar-refractivity contribution >= 4 is 21.6 Å². The van der Waals surface area contributed by atoms with Crippen LogP contribution in [0.3, 0.4) is 0 Å². The quantitative estimate of drug-likeness (QED) is 0.930. The summed E-state index contributed by atoms with van der Waals surface area (Å²) in [5.74, 6) is -0.422. The first-order valence-corrected chi connectivity index (χ1v) is 6.74. The Hall–Kier alpha value is -1.12. The topological polar surface area (TPSA) is 47.3 Å². The summed E-state index contributed by atoms with van der Waals surface area (Å²) in [5, 5.41) is 17.9. The van der Waals surface area contributed by atoms with Crippen molar-refractivity contribution in [3.8, 4) is 6.07 Å². The van der Waals surface area contributed by atoms with Gasteiger partial charge in [0, 0.05) is 12.6 Å². The minimum Gasteiger partial charge on any atom is -0.395 e. The van der Waals surface area contributed by atoms with Crippen LogP contribution in [0.15, 0.2) is 16.6 Å². The van der Waals surface area contributed by atoms with Crippen molar-refractivity contribution < 1.29 is 9.50 Å². The summed E-state index contributed by atoms with van der Waals surface area (Å²) < 4.78 is 14.4. The van der Waals surface area contributed by atoms with Crippen LogP contribution in [-0.2, 0) is 0 Å². The molecule has 0 radical (unpaired) electrons. The minimum absolute atomic E-state index is 0.00639. The van der Waals surface area contributed by atoms with Gasteiger partial charge in [-0.2, -0.15) is 5.26 Å². The largest absolute Gasteiger partial charge is 0.395 e. The first-order valence-electron chi connectivity index (χ1n) is 5.94. The third-order valence-corrected chi connectivity index (χ3v) is 4.12. The van der Waals surface area contributed by atoms with Crippen LogP contribution >= 0.6 is 15.9 Å². The van der Waals surface area contributed by atoms with Gasteiger partial charge in [-0.15, -0.1) is 0 Å². The van der Waals surface area contributed by atoms with Crippen molar-refractivity contribution in [1.82, 2.24) is 0 Å². The van der Waals surface area contributed by atoms with Gasteiger partial charge in [0.1, 0.15) is 6.07 Å². The molecule has 1 aromatic carbocycles. The molecule has 1 aliphatic carbocycles. The van der Waals surface area contributed by atoms with Crippen molar-refractivity contribution in [1.29, 1.82) is 5.26 Å². The average molecular weight is 313 g/mol. The maximum Gasteiger partial charge on any atom is 0.161 e. The molecule has 1 saturated carbocycles. The molecule has 0 aliphatic heterocycles. The number of halogens is 2. The zero-order valence-corrected chi connectivity index (χ0v) is 11.5. The Bertz CT molecular complexity index is 483. The van der Waals surface area contributed by atoms with Crippen molar-refractivity contribution in [3.05, 3.63) is 28.0 Å². The van der Waals surface area contributed by atoms with Crippen LogP contribution < -0.4 is 4.90 Å². The first-order chi connectivity index (χ1) is 8.69. The van der Waals surface area contributed by atoms with Crippen LogP contribution in [0.1, 0.15) is 24.8 Å². The third-order valence-electron chi connectivity index (χ3n) is 3.35. The fourth-order valence-corrected chi connectivity index (χ4v) is 2.58. The second-order valence-corrected chi connectivity index (χ2v) is 5.17. The van der Waals surface area contributed by atoms with Crippen molar-refractivity contribution in [2.45, 2.75) is 25.3 Å². The van der Waals surface area contributed by atoms with Crippen molar-refractivity contribution in [2.24, 2.45) is 0 Å². The van der Waals surface area contributed by atoms with E-state index in [-0.39, 0.29) is 16.6 Å². The van der Waals surface area contributed by atoms with Gasteiger partial charge in [0.15, 0.2) is 5.82 Å². The molecule has 0 amide bonds. The molecule has 0 unspecified atom stereocenters. The van der Waals surface area contributed by atoms with Gasteiger partial charge >= 0.3 is 0 Å². The number of nitriles is 1. The molecule has 5 heteroatoms. The first kappa shape index (κ1) is 13.3. The molecule has 96 valence electrons. The van der Waals surface area contributed by atoms with Crippen LogP contribution in [0.25, 0.3) is 0 Å². The molecule has 2 rings (SSSR count). The van der Waals surface area contributed by atoms with Gasteiger partial charge < -0.3 is 10.0 Å². The van der Waals surface area contributed by atoms with Crippen LogP contribution in [-0.4, -0.2) is 24.3 Å². The highest BCUT2D eigenvalue weighted by atomic mass is 79.9. The van der Waals surface area contributed by atoms with E-state index < -0.39 is 5.82 Å². The van der Waals surface area contributed by atoms with E-state index in [2.05, 4.69) is 15.9 Å². The van der Waals surface area contributed by atoms with E-state index in [1.54, 1.807) is 12.1 Å². The second-order valence-electron chi connectivity index (χ2n) is 4.37.